The van der Waals surface area contributed by atoms with E-state index in [0.29, 0.717) is 17.8 Å². The van der Waals surface area contributed by atoms with E-state index in [0.717, 1.165) is 23.6 Å². The second-order valence-electron chi connectivity index (χ2n) is 6.18. The van der Waals surface area contributed by atoms with Crippen LogP contribution in [0.15, 0.2) is 42.5 Å². The molecule has 0 fully saturated rings. The number of rotatable bonds is 7. The Morgan fingerprint density at radius 3 is 2.69 bits per heavy atom. The molecule has 0 unspecified atom stereocenters. The lowest BCUT2D eigenvalue weighted by atomic mass is 10.1. The summed E-state index contributed by atoms with van der Waals surface area (Å²) in [6.07, 6.45) is 0. The number of Topliss-reactive ketones (excluding diaryl/α,β-unsaturated/α-hetero) is 1. The van der Waals surface area contributed by atoms with E-state index in [1.165, 1.54) is 6.92 Å². The largest absolute Gasteiger partial charge is 0.454 e. The van der Waals surface area contributed by atoms with Crippen LogP contribution in [0.25, 0.3) is 0 Å². The number of nitrogens with zero attached hydrogens (tertiary/aromatic N) is 1. The van der Waals surface area contributed by atoms with Crippen LogP contribution in [-0.2, 0) is 11.3 Å². The van der Waals surface area contributed by atoms with Crippen molar-refractivity contribution >= 4 is 17.4 Å². The molecule has 0 radical (unpaired) electrons. The van der Waals surface area contributed by atoms with Crippen LogP contribution >= 0.6 is 0 Å². The Morgan fingerprint density at radius 1 is 1.12 bits per heavy atom. The summed E-state index contributed by atoms with van der Waals surface area (Å²) < 4.78 is 10.7. The van der Waals surface area contributed by atoms with Gasteiger partial charge in [-0.25, -0.2) is 0 Å². The fourth-order valence-electron chi connectivity index (χ4n) is 2.80. The maximum atomic E-state index is 12.4. The summed E-state index contributed by atoms with van der Waals surface area (Å²) >= 11 is 0. The molecule has 0 saturated carbocycles. The number of likely N-dealkylation sites (N-methyl/N-ethyl adjacent to an activating group) is 1. The van der Waals surface area contributed by atoms with Crippen molar-refractivity contribution in [3.05, 3.63) is 53.6 Å². The van der Waals surface area contributed by atoms with Crippen LogP contribution < -0.4 is 14.8 Å². The monoisotopic (exact) mass is 354 g/mol. The zero-order chi connectivity index (χ0) is 18.5. The number of ketones is 1. The molecule has 0 bridgehead atoms. The molecular weight excluding hydrogens is 332 g/mol. The van der Waals surface area contributed by atoms with Crippen LogP contribution in [0.3, 0.4) is 0 Å². The van der Waals surface area contributed by atoms with Crippen molar-refractivity contribution < 1.29 is 19.1 Å². The molecule has 0 spiro atoms. The van der Waals surface area contributed by atoms with E-state index in [9.17, 15) is 9.59 Å². The number of hydrogen-bond acceptors (Lipinski definition) is 5. The Balaban J connectivity index is 1.60. The third-order valence-electron chi connectivity index (χ3n) is 4.21. The molecule has 6 nitrogen and oxygen atoms in total. The van der Waals surface area contributed by atoms with Crippen LogP contribution in [0.4, 0.5) is 5.69 Å². The van der Waals surface area contributed by atoms with Gasteiger partial charge in [0.05, 0.1) is 6.54 Å². The van der Waals surface area contributed by atoms with E-state index in [1.807, 2.05) is 30.0 Å². The first-order chi connectivity index (χ1) is 12.5. The Morgan fingerprint density at radius 2 is 1.92 bits per heavy atom. The van der Waals surface area contributed by atoms with E-state index in [4.69, 9.17) is 9.47 Å². The highest BCUT2D eigenvalue weighted by molar-refractivity contribution is 5.97. The lowest BCUT2D eigenvalue weighted by Crippen LogP contribution is -2.32. The standard InChI is InChI=1S/C20H22N2O4/c1-3-22(11-15-7-8-18-19(9-15)26-13-25-18)12-20(24)21-17-6-4-5-16(10-17)14(2)23/h4-10H,3,11-13H2,1-2H3,(H,21,24). The van der Waals surface area contributed by atoms with E-state index in [-0.39, 0.29) is 25.0 Å². The Labute approximate surface area is 152 Å². The normalized spacial score (nSPS) is 12.3. The van der Waals surface area contributed by atoms with Gasteiger partial charge in [-0.1, -0.05) is 25.1 Å². The van der Waals surface area contributed by atoms with Gasteiger partial charge in [0.15, 0.2) is 17.3 Å². The lowest BCUT2D eigenvalue weighted by Gasteiger charge is -2.20. The minimum Gasteiger partial charge on any atom is -0.454 e. The molecule has 1 heterocycles. The number of anilines is 1. The Bertz CT molecular complexity index is 819. The fourth-order valence-corrected chi connectivity index (χ4v) is 2.80. The summed E-state index contributed by atoms with van der Waals surface area (Å²) in [7, 11) is 0. The van der Waals surface area contributed by atoms with E-state index in [2.05, 4.69) is 5.32 Å². The van der Waals surface area contributed by atoms with Crippen molar-refractivity contribution in [1.82, 2.24) is 4.90 Å². The first kappa shape index (κ1) is 17.9. The molecule has 0 aromatic heterocycles. The predicted octanol–water partition coefficient (Wildman–Crippen LogP) is 3.08. The predicted molar refractivity (Wildman–Crippen MR) is 98.6 cm³/mol. The minimum absolute atomic E-state index is 0.0286. The van der Waals surface area contributed by atoms with Gasteiger partial charge in [-0.3, -0.25) is 14.5 Å². The second kappa shape index (κ2) is 8.01. The minimum atomic E-state index is -0.117. The molecule has 1 amide bonds. The third kappa shape index (κ3) is 4.40. The number of ether oxygens (including phenoxy) is 2. The van der Waals surface area contributed by atoms with Crippen LogP contribution in [0.2, 0.25) is 0 Å². The molecule has 0 aliphatic carbocycles. The molecule has 2 aromatic rings. The first-order valence-corrected chi connectivity index (χ1v) is 8.57. The van der Waals surface area contributed by atoms with Crippen molar-refractivity contribution in [2.24, 2.45) is 0 Å². The van der Waals surface area contributed by atoms with E-state index < -0.39 is 0 Å². The number of hydrogen-bond donors (Lipinski definition) is 1. The molecule has 2 aromatic carbocycles. The number of benzene rings is 2. The van der Waals surface area contributed by atoms with Crippen LogP contribution in [-0.4, -0.2) is 36.5 Å². The highest BCUT2D eigenvalue weighted by Gasteiger charge is 2.15. The van der Waals surface area contributed by atoms with Gasteiger partial charge in [0.2, 0.25) is 12.7 Å². The van der Waals surface area contributed by atoms with Crippen molar-refractivity contribution in [1.29, 1.82) is 0 Å². The molecule has 1 N–H and O–H groups in total. The number of amides is 1. The Kier molecular flexibility index (Phi) is 5.53. The summed E-state index contributed by atoms with van der Waals surface area (Å²) in [5, 5.41) is 2.85. The van der Waals surface area contributed by atoms with Crippen molar-refractivity contribution in [3.8, 4) is 11.5 Å². The van der Waals surface area contributed by atoms with Crippen molar-refractivity contribution in [3.63, 3.8) is 0 Å². The van der Waals surface area contributed by atoms with Crippen molar-refractivity contribution in [2.45, 2.75) is 20.4 Å². The average molecular weight is 354 g/mol. The average Bonchev–Trinajstić information content (AvgIpc) is 3.09. The highest BCUT2D eigenvalue weighted by atomic mass is 16.7. The Hall–Kier alpha value is -2.86. The van der Waals surface area contributed by atoms with Crippen LogP contribution in [0.1, 0.15) is 29.8 Å². The molecular formula is C20H22N2O4. The SMILES string of the molecule is CCN(CC(=O)Nc1cccc(C(C)=O)c1)Cc1ccc2c(c1)OCO2. The quantitative estimate of drug-likeness (QED) is 0.774. The molecule has 136 valence electrons. The van der Waals surface area contributed by atoms with Crippen molar-refractivity contribution in [2.75, 3.05) is 25.2 Å². The topological polar surface area (TPSA) is 67.9 Å². The zero-order valence-electron chi connectivity index (χ0n) is 15.0. The van der Waals surface area contributed by atoms with E-state index >= 15 is 0 Å². The molecule has 3 rings (SSSR count). The summed E-state index contributed by atoms with van der Waals surface area (Å²) in [6, 6.07) is 12.8. The van der Waals surface area contributed by atoms with E-state index in [1.54, 1.807) is 24.3 Å². The first-order valence-electron chi connectivity index (χ1n) is 8.57. The van der Waals surface area contributed by atoms with Gasteiger partial charge in [0.1, 0.15) is 0 Å². The molecule has 1 aliphatic heterocycles. The lowest BCUT2D eigenvalue weighted by molar-refractivity contribution is -0.117. The van der Waals surface area contributed by atoms with Crippen LogP contribution in [0, 0.1) is 0 Å². The van der Waals surface area contributed by atoms with Gasteiger partial charge in [-0.15, -0.1) is 0 Å². The molecule has 26 heavy (non-hydrogen) atoms. The van der Waals surface area contributed by atoms with Crippen LogP contribution in [0.5, 0.6) is 11.5 Å². The van der Waals surface area contributed by atoms with Gasteiger partial charge >= 0.3 is 0 Å². The van der Waals surface area contributed by atoms with Gasteiger partial charge in [-0.2, -0.15) is 0 Å². The maximum Gasteiger partial charge on any atom is 0.238 e. The number of carbonyl (C=O) groups excluding carboxylic acids is 2. The molecule has 6 heteroatoms. The summed E-state index contributed by atoms with van der Waals surface area (Å²) in [5.74, 6) is 1.34. The molecule has 1 aliphatic rings. The van der Waals surface area contributed by atoms with Gasteiger partial charge in [-0.05, 0) is 43.3 Å². The molecule has 0 saturated heterocycles. The van der Waals surface area contributed by atoms with Gasteiger partial charge < -0.3 is 14.8 Å². The summed E-state index contributed by atoms with van der Waals surface area (Å²) in [5.41, 5.74) is 2.26. The summed E-state index contributed by atoms with van der Waals surface area (Å²) in [4.78, 5) is 25.8. The zero-order valence-corrected chi connectivity index (χ0v) is 15.0. The second-order valence-corrected chi connectivity index (χ2v) is 6.18. The number of fused-ring (bicyclic) bond motifs is 1. The summed E-state index contributed by atoms with van der Waals surface area (Å²) in [6.45, 7) is 5.39. The fraction of sp³-hybridized carbons (Fsp3) is 0.300. The smallest absolute Gasteiger partial charge is 0.238 e. The maximum absolute atomic E-state index is 12.4. The third-order valence-corrected chi connectivity index (χ3v) is 4.21. The highest BCUT2D eigenvalue weighted by Crippen LogP contribution is 2.32. The number of carbonyl (C=O) groups is 2. The van der Waals surface area contributed by atoms with Gasteiger partial charge in [0, 0.05) is 17.8 Å². The molecule has 0 atom stereocenters. The number of nitrogens with one attached hydrogen (secondary N) is 1. The van der Waals surface area contributed by atoms with Gasteiger partial charge in [0.25, 0.3) is 0 Å².